The number of thiol groups is 1. The summed E-state index contributed by atoms with van der Waals surface area (Å²) in [5.74, 6) is 0.850. The van der Waals surface area contributed by atoms with Gasteiger partial charge in [-0.15, -0.1) is 0 Å². The Bertz CT molecular complexity index is 61.0. The molecule has 0 aromatic rings. The summed E-state index contributed by atoms with van der Waals surface area (Å²) in [7, 11) is 1.98. The van der Waals surface area contributed by atoms with Crippen LogP contribution < -0.4 is 0 Å². The van der Waals surface area contributed by atoms with Crippen molar-refractivity contribution in [3.8, 4) is 0 Å². The van der Waals surface area contributed by atoms with Gasteiger partial charge >= 0.3 is 0 Å². The lowest BCUT2D eigenvalue weighted by atomic mass is 10.4. The maximum atomic E-state index is 11.5. The van der Waals surface area contributed by atoms with Crippen molar-refractivity contribution in [2.75, 3.05) is 32.6 Å². The highest BCUT2D eigenvalue weighted by Crippen LogP contribution is 1.88. The van der Waals surface area contributed by atoms with Gasteiger partial charge in [-0.3, -0.25) is 4.39 Å². The predicted octanol–water partition coefficient (Wildman–Crippen LogP) is 1.21. The first-order valence-electron chi connectivity index (χ1n) is 3.16. The fraction of sp³-hybridized carbons (Fsp3) is 1.00. The van der Waals surface area contributed by atoms with Crippen molar-refractivity contribution >= 4 is 12.6 Å². The van der Waals surface area contributed by atoms with E-state index in [1.165, 1.54) is 0 Å². The highest BCUT2D eigenvalue weighted by Gasteiger charge is 1.93. The second-order valence-electron chi connectivity index (χ2n) is 2.07. The molecule has 0 aliphatic carbocycles. The first-order valence-corrected chi connectivity index (χ1v) is 3.80. The van der Waals surface area contributed by atoms with E-state index < -0.39 is 0 Å². The van der Waals surface area contributed by atoms with E-state index in [0.717, 1.165) is 18.8 Å². The molecule has 0 aromatic heterocycles. The average molecular weight is 151 g/mol. The Labute approximate surface area is 61.6 Å². The van der Waals surface area contributed by atoms with Crippen molar-refractivity contribution in [2.24, 2.45) is 0 Å². The van der Waals surface area contributed by atoms with Crippen molar-refractivity contribution in [1.29, 1.82) is 0 Å². The second kappa shape index (κ2) is 6.36. The van der Waals surface area contributed by atoms with Gasteiger partial charge in [0.1, 0.15) is 0 Å². The van der Waals surface area contributed by atoms with E-state index in [1.807, 2.05) is 7.05 Å². The first kappa shape index (κ1) is 9.24. The number of hydrogen-bond donors (Lipinski definition) is 1. The van der Waals surface area contributed by atoms with Crippen LogP contribution in [0.25, 0.3) is 0 Å². The molecule has 56 valence electrons. The Kier molecular flexibility index (Phi) is 6.53. The molecule has 0 aliphatic rings. The molecule has 9 heavy (non-hydrogen) atoms. The maximum Gasteiger partial charge on any atom is 0.0906 e. The third-order valence-corrected chi connectivity index (χ3v) is 1.36. The number of hydrogen-bond acceptors (Lipinski definition) is 2. The minimum atomic E-state index is -0.211. The van der Waals surface area contributed by atoms with Gasteiger partial charge in [0.25, 0.3) is 0 Å². The second-order valence-corrected chi connectivity index (χ2v) is 2.52. The molecule has 0 bridgehead atoms. The lowest BCUT2D eigenvalue weighted by Crippen LogP contribution is -2.22. The summed E-state index contributed by atoms with van der Waals surface area (Å²) in [6, 6.07) is 0. The first-order chi connectivity index (χ1) is 4.31. The van der Waals surface area contributed by atoms with Crippen LogP contribution in [0.4, 0.5) is 4.39 Å². The lowest BCUT2D eigenvalue weighted by Gasteiger charge is -2.12. The number of nitrogens with zero attached hydrogens (tertiary/aromatic N) is 1. The van der Waals surface area contributed by atoms with Gasteiger partial charge in [0, 0.05) is 18.8 Å². The Balaban J connectivity index is 2.95. The molecular weight excluding hydrogens is 137 g/mol. The SMILES string of the molecule is CN(CCS)CCCF. The van der Waals surface area contributed by atoms with Crippen LogP contribution in [-0.2, 0) is 0 Å². The normalized spacial score (nSPS) is 10.7. The average Bonchev–Trinajstić information content (AvgIpc) is 1.85. The summed E-state index contributed by atoms with van der Waals surface area (Å²) in [6.45, 7) is 1.58. The number of alkyl halides is 1. The minimum absolute atomic E-state index is 0.211. The van der Waals surface area contributed by atoms with Crippen LogP contribution in [0, 0.1) is 0 Å². The monoisotopic (exact) mass is 151 g/mol. The van der Waals surface area contributed by atoms with Crippen molar-refractivity contribution in [3.63, 3.8) is 0 Å². The molecule has 0 unspecified atom stereocenters. The van der Waals surface area contributed by atoms with E-state index in [9.17, 15) is 4.39 Å². The van der Waals surface area contributed by atoms with Crippen molar-refractivity contribution in [2.45, 2.75) is 6.42 Å². The van der Waals surface area contributed by atoms with E-state index in [0.29, 0.717) is 6.42 Å². The van der Waals surface area contributed by atoms with Crippen molar-refractivity contribution in [3.05, 3.63) is 0 Å². The molecule has 3 heteroatoms. The van der Waals surface area contributed by atoms with E-state index in [1.54, 1.807) is 0 Å². The van der Waals surface area contributed by atoms with Gasteiger partial charge in [0.2, 0.25) is 0 Å². The minimum Gasteiger partial charge on any atom is -0.305 e. The van der Waals surface area contributed by atoms with Gasteiger partial charge < -0.3 is 4.90 Å². The van der Waals surface area contributed by atoms with Crippen LogP contribution in [0.3, 0.4) is 0 Å². The van der Waals surface area contributed by atoms with Crippen LogP contribution in [0.5, 0.6) is 0 Å². The zero-order valence-corrected chi connectivity index (χ0v) is 6.70. The van der Waals surface area contributed by atoms with Crippen LogP contribution in [0.1, 0.15) is 6.42 Å². The molecule has 0 fully saturated rings. The van der Waals surface area contributed by atoms with E-state index in [-0.39, 0.29) is 6.67 Å². The maximum absolute atomic E-state index is 11.5. The molecular formula is C6H14FNS. The summed E-state index contributed by atoms with van der Waals surface area (Å²) in [6.07, 6.45) is 0.643. The summed E-state index contributed by atoms with van der Waals surface area (Å²) >= 11 is 4.05. The fourth-order valence-corrected chi connectivity index (χ4v) is 0.954. The zero-order chi connectivity index (χ0) is 7.11. The molecule has 0 atom stereocenters. The highest BCUT2D eigenvalue weighted by molar-refractivity contribution is 7.80. The standard InChI is InChI=1S/C6H14FNS/c1-8(5-6-9)4-2-3-7/h9H,2-6H2,1H3. The van der Waals surface area contributed by atoms with Gasteiger partial charge in [-0.2, -0.15) is 12.6 Å². The lowest BCUT2D eigenvalue weighted by molar-refractivity contribution is 0.326. The van der Waals surface area contributed by atoms with Crippen LogP contribution >= 0.6 is 12.6 Å². The van der Waals surface area contributed by atoms with Gasteiger partial charge in [-0.25, -0.2) is 0 Å². The summed E-state index contributed by atoms with van der Waals surface area (Å²) in [5, 5.41) is 0. The quantitative estimate of drug-likeness (QED) is 0.578. The molecule has 0 saturated carbocycles. The number of rotatable bonds is 5. The molecule has 1 nitrogen and oxygen atoms in total. The van der Waals surface area contributed by atoms with Crippen molar-refractivity contribution in [1.82, 2.24) is 4.90 Å². The zero-order valence-electron chi connectivity index (χ0n) is 5.81. The highest BCUT2D eigenvalue weighted by atomic mass is 32.1. The van der Waals surface area contributed by atoms with E-state index in [2.05, 4.69) is 17.5 Å². The summed E-state index contributed by atoms with van der Waals surface area (Å²) in [4.78, 5) is 2.08. The molecule has 0 radical (unpaired) electrons. The van der Waals surface area contributed by atoms with E-state index in [4.69, 9.17) is 0 Å². The van der Waals surface area contributed by atoms with Gasteiger partial charge in [0.05, 0.1) is 6.67 Å². The molecule has 0 amide bonds. The van der Waals surface area contributed by atoms with Gasteiger partial charge in [-0.05, 0) is 13.5 Å². The smallest absolute Gasteiger partial charge is 0.0906 e. The largest absolute Gasteiger partial charge is 0.305 e. The summed E-state index contributed by atoms with van der Waals surface area (Å²) in [5.41, 5.74) is 0. The Hall–Kier alpha value is 0.240. The van der Waals surface area contributed by atoms with Crippen LogP contribution in [0.15, 0.2) is 0 Å². The molecule has 0 heterocycles. The Morgan fingerprint density at radius 3 is 2.56 bits per heavy atom. The van der Waals surface area contributed by atoms with Crippen molar-refractivity contribution < 1.29 is 4.39 Å². The molecule has 0 aliphatic heterocycles. The molecule has 0 N–H and O–H groups in total. The van der Waals surface area contributed by atoms with Crippen LogP contribution in [0.2, 0.25) is 0 Å². The number of halogens is 1. The summed E-state index contributed by atoms with van der Waals surface area (Å²) < 4.78 is 11.5. The van der Waals surface area contributed by atoms with Crippen LogP contribution in [-0.4, -0.2) is 37.5 Å². The third-order valence-electron chi connectivity index (χ3n) is 1.16. The molecule has 0 spiro atoms. The third kappa shape index (κ3) is 6.12. The van der Waals surface area contributed by atoms with Gasteiger partial charge in [0.15, 0.2) is 0 Å². The molecule has 0 saturated heterocycles. The predicted molar refractivity (Wildman–Crippen MR) is 41.9 cm³/mol. The molecule has 0 aromatic carbocycles. The Morgan fingerprint density at radius 2 is 2.11 bits per heavy atom. The Morgan fingerprint density at radius 1 is 1.44 bits per heavy atom. The van der Waals surface area contributed by atoms with E-state index >= 15 is 0 Å². The van der Waals surface area contributed by atoms with Gasteiger partial charge in [-0.1, -0.05) is 0 Å². The molecule has 0 rings (SSSR count). The topological polar surface area (TPSA) is 3.24 Å². The fourth-order valence-electron chi connectivity index (χ4n) is 0.612.